The third-order valence-corrected chi connectivity index (χ3v) is 6.28. The molecule has 2 aromatic rings. The first-order chi connectivity index (χ1) is 13.0. The van der Waals surface area contributed by atoms with Gasteiger partial charge in [0.25, 0.3) is 10.0 Å². The van der Waals surface area contributed by atoms with Gasteiger partial charge < -0.3 is 10.2 Å². The summed E-state index contributed by atoms with van der Waals surface area (Å²) in [5, 5.41) is 2.89. The maximum atomic E-state index is 12.7. The number of likely N-dealkylation sites (tertiary alicyclic amines) is 1. The van der Waals surface area contributed by atoms with Crippen LogP contribution in [0, 0.1) is 12.8 Å². The van der Waals surface area contributed by atoms with Crippen LogP contribution >= 0.6 is 0 Å². The van der Waals surface area contributed by atoms with E-state index < -0.39 is 10.0 Å². The first-order valence-corrected chi connectivity index (χ1v) is 10.3. The fraction of sp³-hybridized carbons (Fsp3) is 0.316. The molecule has 0 aliphatic carbocycles. The molecule has 2 aliphatic rings. The van der Waals surface area contributed by atoms with Crippen LogP contribution in [0.3, 0.4) is 0 Å². The molecule has 0 saturated carbocycles. The van der Waals surface area contributed by atoms with Gasteiger partial charge in [-0.15, -0.1) is 4.40 Å². The number of carbonyl (C=O) groups excluding carboxylic acids is 1. The second-order valence-electron chi connectivity index (χ2n) is 6.83. The first kappa shape index (κ1) is 17.7. The van der Waals surface area contributed by atoms with E-state index in [0.717, 1.165) is 18.4 Å². The lowest BCUT2D eigenvalue weighted by molar-refractivity contribution is -0.121. The molecule has 140 valence electrons. The molecule has 7 nitrogen and oxygen atoms in total. The number of hydrogen-bond acceptors (Lipinski definition) is 5. The number of sulfonamides is 1. The van der Waals surface area contributed by atoms with Gasteiger partial charge >= 0.3 is 0 Å². The number of piperidine rings is 1. The van der Waals surface area contributed by atoms with Crippen molar-refractivity contribution in [2.45, 2.75) is 24.7 Å². The third kappa shape index (κ3) is 3.32. The summed E-state index contributed by atoms with van der Waals surface area (Å²) in [7, 11) is -3.66. The summed E-state index contributed by atoms with van der Waals surface area (Å²) in [5.41, 5.74) is 1.51. The fourth-order valence-corrected chi connectivity index (χ4v) is 4.76. The molecular formula is C19H20N4O3S. The lowest BCUT2D eigenvalue weighted by atomic mass is 9.96. The molecule has 2 aliphatic heterocycles. The number of nitrogens with zero attached hydrogens (tertiary/aromatic N) is 3. The average molecular weight is 384 g/mol. The van der Waals surface area contributed by atoms with Gasteiger partial charge in [0.05, 0.1) is 5.92 Å². The molecule has 4 rings (SSSR count). The van der Waals surface area contributed by atoms with E-state index in [2.05, 4.69) is 14.7 Å². The van der Waals surface area contributed by atoms with Gasteiger partial charge in [0.1, 0.15) is 10.7 Å². The Balaban J connectivity index is 1.54. The number of nitrogens with one attached hydrogen (secondary N) is 1. The molecule has 8 heteroatoms. The van der Waals surface area contributed by atoms with E-state index in [1.165, 1.54) is 0 Å². The number of hydrogen-bond donors (Lipinski definition) is 1. The number of rotatable bonds is 2. The molecule has 1 N–H and O–H groups in total. The Labute approximate surface area is 158 Å². The Bertz CT molecular complexity index is 1030. The van der Waals surface area contributed by atoms with E-state index in [-0.39, 0.29) is 16.7 Å². The van der Waals surface area contributed by atoms with Crippen LogP contribution in [0.1, 0.15) is 24.0 Å². The molecule has 3 heterocycles. The van der Waals surface area contributed by atoms with Gasteiger partial charge in [0, 0.05) is 24.8 Å². The number of pyridine rings is 1. The molecule has 27 heavy (non-hydrogen) atoms. The van der Waals surface area contributed by atoms with Crippen molar-refractivity contribution < 1.29 is 13.2 Å². The van der Waals surface area contributed by atoms with Crippen molar-refractivity contribution in [3.05, 3.63) is 53.7 Å². The second-order valence-corrected chi connectivity index (χ2v) is 8.40. The molecule has 1 saturated heterocycles. The molecule has 0 bridgehead atoms. The van der Waals surface area contributed by atoms with Crippen LogP contribution in [-0.4, -0.2) is 43.1 Å². The lowest BCUT2D eigenvalue weighted by Gasteiger charge is -2.33. The van der Waals surface area contributed by atoms with E-state index in [4.69, 9.17) is 0 Å². The summed E-state index contributed by atoms with van der Waals surface area (Å²) in [6, 6.07) is 10.5. The second kappa shape index (κ2) is 6.77. The Hall–Kier alpha value is -2.74. The number of amides is 1. The monoisotopic (exact) mass is 384 g/mol. The highest BCUT2D eigenvalue weighted by molar-refractivity contribution is 7.90. The van der Waals surface area contributed by atoms with E-state index in [9.17, 15) is 13.2 Å². The van der Waals surface area contributed by atoms with Gasteiger partial charge in [0.2, 0.25) is 5.91 Å². The van der Waals surface area contributed by atoms with Crippen LogP contribution in [0.15, 0.2) is 51.9 Å². The maximum absolute atomic E-state index is 12.7. The zero-order chi connectivity index (χ0) is 19.0. The first-order valence-electron chi connectivity index (χ1n) is 8.87. The largest absolute Gasteiger partial charge is 0.355 e. The van der Waals surface area contributed by atoms with E-state index in [1.807, 2.05) is 24.0 Å². The molecule has 1 atom stereocenters. The smallest absolute Gasteiger partial charge is 0.285 e. The number of aromatic nitrogens is 1. The van der Waals surface area contributed by atoms with Crippen LogP contribution in [0.2, 0.25) is 0 Å². The third-order valence-electron chi connectivity index (χ3n) is 4.96. The fourth-order valence-electron chi connectivity index (χ4n) is 3.54. The number of anilines is 1. The quantitative estimate of drug-likeness (QED) is 0.857. The standard InChI is InChI=1S/C19H20N4O3S/c1-13-6-4-10-20-17(13)21-19(24)14-7-5-11-23(12-14)18-15-8-2-3-9-16(15)27(25,26)22-18/h2-4,6,8-10,14H,5,7,11-12H2,1H3,(H,20,21,24)/t14-/m1/s1. The zero-order valence-electron chi connectivity index (χ0n) is 14.9. The van der Waals surface area contributed by atoms with Crippen molar-refractivity contribution in [3.63, 3.8) is 0 Å². The van der Waals surface area contributed by atoms with Crippen molar-refractivity contribution in [2.75, 3.05) is 18.4 Å². The normalized spacial score (nSPS) is 20.7. The molecular weight excluding hydrogens is 364 g/mol. The van der Waals surface area contributed by atoms with Gasteiger partial charge in [-0.05, 0) is 43.5 Å². The number of carbonyl (C=O) groups is 1. The molecule has 0 spiro atoms. The minimum Gasteiger partial charge on any atom is -0.355 e. The minimum atomic E-state index is -3.66. The number of aryl methyl sites for hydroxylation is 1. The maximum Gasteiger partial charge on any atom is 0.285 e. The number of benzene rings is 1. The average Bonchev–Trinajstić information content (AvgIpc) is 2.95. The summed E-state index contributed by atoms with van der Waals surface area (Å²) in [4.78, 5) is 19.1. The predicted octanol–water partition coefficient (Wildman–Crippen LogP) is 2.19. The SMILES string of the molecule is Cc1cccnc1NC(=O)[C@@H]1CCCN(C2=NS(=O)(=O)c3ccccc32)C1. The summed E-state index contributed by atoms with van der Waals surface area (Å²) < 4.78 is 28.6. The van der Waals surface area contributed by atoms with Crippen LogP contribution < -0.4 is 5.32 Å². The van der Waals surface area contributed by atoms with Crippen molar-refractivity contribution in [2.24, 2.45) is 10.3 Å². The topological polar surface area (TPSA) is 91.7 Å². The minimum absolute atomic E-state index is 0.101. The molecule has 1 aromatic carbocycles. The van der Waals surface area contributed by atoms with Crippen LogP contribution in [0.25, 0.3) is 0 Å². The van der Waals surface area contributed by atoms with Crippen molar-refractivity contribution in [3.8, 4) is 0 Å². The van der Waals surface area contributed by atoms with Crippen molar-refractivity contribution in [1.29, 1.82) is 0 Å². The van der Waals surface area contributed by atoms with Crippen LogP contribution in [0.5, 0.6) is 0 Å². The molecule has 0 unspecified atom stereocenters. The van der Waals surface area contributed by atoms with Crippen LogP contribution in [0.4, 0.5) is 5.82 Å². The van der Waals surface area contributed by atoms with E-state index >= 15 is 0 Å². The molecule has 1 amide bonds. The van der Waals surface area contributed by atoms with E-state index in [1.54, 1.807) is 30.5 Å². The van der Waals surface area contributed by atoms with E-state index in [0.29, 0.717) is 30.3 Å². The Morgan fingerprint density at radius 2 is 2.04 bits per heavy atom. The van der Waals surface area contributed by atoms with Crippen molar-refractivity contribution >= 4 is 27.6 Å². The Morgan fingerprint density at radius 1 is 1.22 bits per heavy atom. The highest BCUT2D eigenvalue weighted by atomic mass is 32.2. The highest BCUT2D eigenvalue weighted by Crippen LogP contribution is 2.30. The Morgan fingerprint density at radius 3 is 2.85 bits per heavy atom. The highest BCUT2D eigenvalue weighted by Gasteiger charge is 2.35. The number of amidine groups is 1. The summed E-state index contributed by atoms with van der Waals surface area (Å²) >= 11 is 0. The molecule has 1 aromatic heterocycles. The summed E-state index contributed by atoms with van der Waals surface area (Å²) in [6.45, 7) is 3.00. The van der Waals surface area contributed by atoms with Gasteiger partial charge in [0.15, 0.2) is 5.84 Å². The molecule has 0 radical (unpaired) electrons. The van der Waals surface area contributed by atoms with Gasteiger partial charge in [-0.3, -0.25) is 4.79 Å². The molecule has 1 fully saturated rings. The zero-order valence-corrected chi connectivity index (χ0v) is 15.7. The lowest BCUT2D eigenvalue weighted by Crippen LogP contribution is -2.43. The summed E-state index contributed by atoms with van der Waals surface area (Å²) in [6.07, 6.45) is 3.18. The van der Waals surface area contributed by atoms with Gasteiger partial charge in [-0.25, -0.2) is 4.98 Å². The summed E-state index contributed by atoms with van der Waals surface area (Å²) in [5.74, 6) is 0.650. The predicted molar refractivity (Wildman–Crippen MR) is 102 cm³/mol. The Kier molecular flexibility index (Phi) is 4.43. The van der Waals surface area contributed by atoms with Gasteiger partial charge in [-0.1, -0.05) is 18.2 Å². The number of fused-ring (bicyclic) bond motifs is 1. The van der Waals surface area contributed by atoms with Crippen LogP contribution in [-0.2, 0) is 14.8 Å². The van der Waals surface area contributed by atoms with Gasteiger partial charge in [-0.2, -0.15) is 8.42 Å². The van der Waals surface area contributed by atoms with Crippen molar-refractivity contribution in [1.82, 2.24) is 9.88 Å².